The van der Waals surface area contributed by atoms with Crippen molar-refractivity contribution in [2.75, 3.05) is 7.11 Å². The molecule has 4 rings (SSSR count). The molecule has 0 saturated carbocycles. The molecular weight excluding hydrogens is 625 g/mol. The molecule has 0 aliphatic heterocycles. The molecule has 0 radical (unpaired) electrons. The van der Waals surface area contributed by atoms with Crippen LogP contribution in [0.15, 0.2) is 104 Å². The summed E-state index contributed by atoms with van der Waals surface area (Å²) in [4.78, 5) is 27.9. The molecule has 48 heavy (non-hydrogen) atoms. The Hall–Kier alpha value is -4.71. The van der Waals surface area contributed by atoms with Crippen LogP contribution in [-0.2, 0) is 27.1 Å². The fraction of sp³-hybridized carbons (Fsp3) is 0.324. The Morgan fingerprint density at radius 2 is 1.62 bits per heavy atom. The molecule has 11 heteroatoms. The second kappa shape index (κ2) is 16.4. The molecule has 0 unspecified atom stereocenters. The van der Waals surface area contributed by atoms with Gasteiger partial charge in [-0.15, -0.1) is 6.58 Å². The van der Waals surface area contributed by atoms with Crippen molar-refractivity contribution in [1.82, 2.24) is 20.2 Å². The van der Waals surface area contributed by atoms with E-state index in [0.717, 1.165) is 16.9 Å². The van der Waals surface area contributed by atoms with Crippen LogP contribution in [-0.4, -0.2) is 59.5 Å². The highest BCUT2D eigenvalue weighted by Crippen LogP contribution is 2.29. The van der Waals surface area contributed by atoms with Gasteiger partial charge in [0.25, 0.3) is 5.91 Å². The molecule has 0 bridgehead atoms. The fourth-order valence-electron chi connectivity index (χ4n) is 5.04. The van der Waals surface area contributed by atoms with Gasteiger partial charge in [-0.05, 0) is 69.3 Å². The lowest BCUT2D eigenvalue weighted by atomic mass is 9.97. The van der Waals surface area contributed by atoms with Crippen molar-refractivity contribution >= 4 is 20.9 Å². The van der Waals surface area contributed by atoms with Gasteiger partial charge in [0.2, 0.25) is 20.8 Å². The maximum absolute atomic E-state index is 14.0. The average Bonchev–Trinajstić information content (AvgIpc) is 3.51. The molecule has 254 valence electrons. The Kier molecular flexibility index (Phi) is 12.3. The second-order valence-electron chi connectivity index (χ2n) is 12.7. The quantitative estimate of drug-likeness (QED) is 0.0967. The number of rotatable bonds is 15. The Morgan fingerprint density at radius 3 is 2.19 bits per heavy atom. The van der Waals surface area contributed by atoms with Crippen LogP contribution >= 0.6 is 0 Å². The monoisotopic (exact) mass is 670 g/mol. The van der Waals surface area contributed by atoms with Crippen molar-refractivity contribution in [3.8, 4) is 17.3 Å². The standard InChI is InChI=1S/C37H46N4O6Si/c1-8-30(35(43)38-32(23-26-15-11-9-12-16-26)36(44)41(37(2,3)4)47-48(6)7)34(42)31-24-33(40(39-31)28-17-13-10-14-18-28)46-25-27-19-21-29(45-5)22-20-27/h8-22,24,30,32,34,42,48H,1,23,25H2,2-7H3,(H,38,43)/t30-,32-,34-/m0/s1. The molecular formula is C37H46N4O6Si. The SMILES string of the molecule is C=C[C@H](C(=O)N[C@@H](Cc1ccccc1)C(=O)N(O[SiH](C)C)C(C)(C)C)[C@H](O)c1cc(OCc2ccc(OC)cc2)n(-c2ccccc2)n1. The van der Waals surface area contributed by atoms with Crippen LogP contribution in [0.1, 0.15) is 43.7 Å². The lowest BCUT2D eigenvalue weighted by Crippen LogP contribution is -2.57. The number of nitrogens with one attached hydrogen (secondary N) is 1. The minimum absolute atomic E-state index is 0.208. The minimum atomic E-state index is -1.68. The number of hydrogen-bond donors (Lipinski definition) is 2. The van der Waals surface area contributed by atoms with E-state index in [2.05, 4.69) is 17.0 Å². The number of carbonyl (C=O) groups is 2. The number of hydroxylamine groups is 2. The molecule has 0 saturated heterocycles. The highest BCUT2D eigenvalue weighted by atomic mass is 28.3. The topological polar surface area (TPSA) is 115 Å². The summed E-state index contributed by atoms with van der Waals surface area (Å²) in [5.41, 5.74) is 2.04. The van der Waals surface area contributed by atoms with Crippen LogP contribution in [0.3, 0.4) is 0 Å². The molecule has 3 atom stereocenters. The molecule has 0 aliphatic carbocycles. The van der Waals surface area contributed by atoms with Gasteiger partial charge in [0.1, 0.15) is 24.5 Å². The predicted octanol–water partition coefficient (Wildman–Crippen LogP) is 5.57. The van der Waals surface area contributed by atoms with Gasteiger partial charge < -0.3 is 24.4 Å². The Labute approximate surface area is 284 Å². The number of amides is 2. The molecule has 2 amide bonds. The zero-order chi connectivity index (χ0) is 34.8. The highest BCUT2D eigenvalue weighted by Gasteiger charge is 2.37. The first-order chi connectivity index (χ1) is 22.9. The van der Waals surface area contributed by atoms with Crippen molar-refractivity contribution in [3.05, 3.63) is 120 Å². The van der Waals surface area contributed by atoms with Crippen LogP contribution in [0.5, 0.6) is 11.6 Å². The molecule has 0 aliphatic rings. The van der Waals surface area contributed by atoms with E-state index in [4.69, 9.17) is 14.0 Å². The van der Waals surface area contributed by atoms with Gasteiger partial charge in [0, 0.05) is 12.5 Å². The summed E-state index contributed by atoms with van der Waals surface area (Å²) in [5, 5.41) is 20.5. The van der Waals surface area contributed by atoms with E-state index in [1.54, 1.807) is 17.9 Å². The molecule has 1 aromatic heterocycles. The summed E-state index contributed by atoms with van der Waals surface area (Å²) < 4.78 is 19.1. The molecule has 10 nitrogen and oxygen atoms in total. The van der Waals surface area contributed by atoms with Gasteiger partial charge in [0.15, 0.2) is 0 Å². The molecule has 0 spiro atoms. The third-order valence-electron chi connectivity index (χ3n) is 7.46. The van der Waals surface area contributed by atoms with Crippen LogP contribution in [0.4, 0.5) is 0 Å². The number of aliphatic hydroxyl groups excluding tert-OH is 1. The number of aliphatic hydroxyl groups is 1. The van der Waals surface area contributed by atoms with Crippen molar-refractivity contribution in [2.24, 2.45) is 5.92 Å². The summed E-state index contributed by atoms with van der Waals surface area (Å²) >= 11 is 0. The van der Waals surface area contributed by atoms with Crippen molar-refractivity contribution < 1.29 is 28.7 Å². The molecule has 1 heterocycles. The zero-order valence-electron chi connectivity index (χ0n) is 28.5. The number of hydrogen-bond acceptors (Lipinski definition) is 7. The van der Waals surface area contributed by atoms with E-state index in [1.165, 1.54) is 11.1 Å². The normalized spacial score (nSPS) is 13.3. The van der Waals surface area contributed by atoms with Crippen molar-refractivity contribution in [1.29, 1.82) is 0 Å². The molecule has 4 aromatic rings. The van der Waals surface area contributed by atoms with Crippen LogP contribution in [0, 0.1) is 5.92 Å². The zero-order valence-corrected chi connectivity index (χ0v) is 29.7. The van der Waals surface area contributed by atoms with Crippen LogP contribution in [0.25, 0.3) is 5.69 Å². The predicted molar refractivity (Wildman–Crippen MR) is 188 cm³/mol. The van der Waals surface area contributed by atoms with Crippen molar-refractivity contribution in [2.45, 2.75) is 64.6 Å². The number of para-hydroxylation sites is 1. The maximum atomic E-state index is 14.0. The van der Waals surface area contributed by atoms with E-state index >= 15 is 0 Å². The minimum Gasteiger partial charge on any atom is -0.497 e. The summed E-state index contributed by atoms with van der Waals surface area (Å²) in [5.74, 6) is -0.964. The summed E-state index contributed by atoms with van der Waals surface area (Å²) in [6.45, 7) is 13.7. The summed E-state index contributed by atoms with van der Waals surface area (Å²) in [6.07, 6.45) is 0.205. The number of ether oxygens (including phenoxy) is 2. The van der Waals surface area contributed by atoms with Gasteiger partial charge >= 0.3 is 0 Å². The van der Waals surface area contributed by atoms with E-state index in [1.807, 2.05) is 119 Å². The number of carbonyl (C=O) groups excluding carboxylic acids is 2. The fourth-order valence-corrected chi connectivity index (χ4v) is 5.88. The van der Waals surface area contributed by atoms with Gasteiger partial charge in [0.05, 0.1) is 29.9 Å². The van der Waals surface area contributed by atoms with Gasteiger partial charge in [-0.25, -0.2) is 9.75 Å². The Balaban J connectivity index is 1.61. The van der Waals surface area contributed by atoms with Crippen molar-refractivity contribution in [3.63, 3.8) is 0 Å². The average molecular weight is 671 g/mol. The second-order valence-corrected chi connectivity index (χ2v) is 15.0. The number of aromatic nitrogens is 2. The van der Waals surface area contributed by atoms with E-state index < -0.39 is 38.6 Å². The Bertz CT molecular complexity index is 1640. The number of nitrogens with zero attached hydrogens (tertiary/aromatic N) is 3. The smallest absolute Gasteiger partial charge is 0.268 e. The third kappa shape index (κ3) is 9.43. The lowest BCUT2D eigenvalue weighted by Gasteiger charge is -2.38. The number of benzene rings is 3. The maximum Gasteiger partial charge on any atom is 0.268 e. The van der Waals surface area contributed by atoms with Gasteiger partial charge in [-0.1, -0.05) is 66.7 Å². The molecule has 0 fully saturated rings. The third-order valence-corrected chi connectivity index (χ3v) is 8.10. The van der Waals surface area contributed by atoms with Gasteiger partial charge in [-0.3, -0.25) is 9.59 Å². The molecule has 3 aromatic carbocycles. The van der Waals surface area contributed by atoms with Gasteiger partial charge in [-0.2, -0.15) is 5.10 Å². The number of methoxy groups -OCH3 is 1. The largest absolute Gasteiger partial charge is 0.497 e. The first-order valence-corrected chi connectivity index (χ1v) is 18.8. The summed E-state index contributed by atoms with van der Waals surface area (Å²) in [7, 11) is -0.0709. The lowest BCUT2D eigenvalue weighted by molar-refractivity contribution is -0.179. The van der Waals surface area contributed by atoms with E-state index in [-0.39, 0.29) is 24.6 Å². The van der Waals surface area contributed by atoms with Crippen LogP contribution < -0.4 is 14.8 Å². The summed E-state index contributed by atoms with van der Waals surface area (Å²) in [6, 6.07) is 27.0. The Morgan fingerprint density at radius 1 is 1.00 bits per heavy atom. The van der Waals surface area contributed by atoms with E-state index in [9.17, 15) is 14.7 Å². The van der Waals surface area contributed by atoms with E-state index in [0.29, 0.717) is 11.6 Å². The first kappa shape index (κ1) is 36.1. The first-order valence-electron chi connectivity index (χ1n) is 16.0. The molecule has 2 N–H and O–H groups in total. The highest BCUT2D eigenvalue weighted by molar-refractivity contribution is 6.48. The van der Waals surface area contributed by atoms with Crippen LogP contribution in [0.2, 0.25) is 13.1 Å².